The van der Waals surface area contributed by atoms with Crippen LogP contribution in [0.1, 0.15) is 19.3 Å². The van der Waals surface area contributed by atoms with Crippen molar-refractivity contribution in [2.24, 2.45) is 0 Å². The van der Waals surface area contributed by atoms with Crippen molar-refractivity contribution < 1.29 is 14.3 Å². The fraction of sp³-hybridized carbons (Fsp3) is 0.909. The van der Waals surface area contributed by atoms with Gasteiger partial charge >= 0.3 is 5.97 Å². The van der Waals surface area contributed by atoms with Crippen LogP contribution in [0.2, 0.25) is 0 Å². The minimum atomic E-state index is -0.258. The second kappa shape index (κ2) is 7.25. The van der Waals surface area contributed by atoms with Gasteiger partial charge in [0, 0.05) is 19.7 Å². The van der Waals surface area contributed by atoms with Crippen LogP contribution in [0.5, 0.6) is 0 Å². The van der Waals surface area contributed by atoms with Crippen LogP contribution in [0.15, 0.2) is 0 Å². The summed E-state index contributed by atoms with van der Waals surface area (Å²) in [5.74, 6) is -0.226. The number of carbonyl (C=O) groups is 1. The van der Waals surface area contributed by atoms with Crippen molar-refractivity contribution in [3.8, 4) is 0 Å². The van der Waals surface area contributed by atoms with E-state index in [0.29, 0.717) is 12.6 Å². The molecule has 1 aliphatic rings. The molecule has 1 rings (SSSR count). The van der Waals surface area contributed by atoms with Gasteiger partial charge in [-0.2, -0.15) is 0 Å². The summed E-state index contributed by atoms with van der Waals surface area (Å²) in [6, 6.07) is 0. The Morgan fingerprint density at radius 1 is 1.62 bits per heavy atom. The van der Waals surface area contributed by atoms with Crippen molar-refractivity contribution in [3.63, 3.8) is 0 Å². The number of halogens is 1. The van der Waals surface area contributed by atoms with E-state index in [1.165, 1.54) is 20.0 Å². The Morgan fingerprint density at radius 3 is 2.94 bits per heavy atom. The van der Waals surface area contributed by atoms with E-state index in [1.54, 1.807) is 0 Å². The maximum Gasteiger partial charge on any atom is 0.320 e. The average Bonchev–Trinajstić information content (AvgIpc) is 2.29. The number of esters is 1. The minimum Gasteiger partial charge on any atom is -0.468 e. The smallest absolute Gasteiger partial charge is 0.320 e. The van der Waals surface area contributed by atoms with E-state index in [4.69, 9.17) is 4.74 Å². The SMILES string of the molecule is COC(=O)C(Br)CN(C)CC1CCCCO1. The number of likely N-dealkylation sites (N-methyl/N-ethyl adjacent to an activating group) is 1. The Kier molecular flexibility index (Phi) is 6.31. The van der Waals surface area contributed by atoms with Crippen molar-refractivity contribution in [2.75, 3.05) is 33.9 Å². The van der Waals surface area contributed by atoms with E-state index in [0.717, 1.165) is 19.6 Å². The fourth-order valence-corrected chi connectivity index (χ4v) is 2.53. The van der Waals surface area contributed by atoms with E-state index in [-0.39, 0.29) is 10.8 Å². The van der Waals surface area contributed by atoms with Crippen molar-refractivity contribution in [3.05, 3.63) is 0 Å². The first-order chi connectivity index (χ1) is 7.63. The van der Waals surface area contributed by atoms with Crippen LogP contribution in [-0.4, -0.2) is 55.7 Å². The monoisotopic (exact) mass is 293 g/mol. The van der Waals surface area contributed by atoms with E-state index in [1.807, 2.05) is 7.05 Å². The van der Waals surface area contributed by atoms with Crippen LogP contribution in [0.25, 0.3) is 0 Å². The first kappa shape index (κ1) is 13.9. The van der Waals surface area contributed by atoms with Gasteiger partial charge in [-0.1, -0.05) is 15.9 Å². The van der Waals surface area contributed by atoms with Crippen LogP contribution in [0.3, 0.4) is 0 Å². The molecule has 0 spiro atoms. The molecule has 0 bridgehead atoms. The first-order valence-electron chi connectivity index (χ1n) is 5.65. The highest BCUT2D eigenvalue weighted by molar-refractivity contribution is 9.10. The van der Waals surface area contributed by atoms with Crippen molar-refractivity contribution in [2.45, 2.75) is 30.2 Å². The van der Waals surface area contributed by atoms with Gasteiger partial charge in [0.15, 0.2) is 0 Å². The summed E-state index contributed by atoms with van der Waals surface area (Å²) in [5, 5.41) is 0. The van der Waals surface area contributed by atoms with Gasteiger partial charge in [-0.25, -0.2) is 0 Å². The molecule has 0 radical (unpaired) electrons. The zero-order chi connectivity index (χ0) is 12.0. The maximum atomic E-state index is 11.2. The third kappa shape index (κ3) is 4.80. The topological polar surface area (TPSA) is 38.8 Å². The molecule has 0 amide bonds. The molecular formula is C11H20BrNO3. The van der Waals surface area contributed by atoms with Gasteiger partial charge in [0.1, 0.15) is 4.83 Å². The van der Waals surface area contributed by atoms with Crippen molar-refractivity contribution in [1.82, 2.24) is 4.90 Å². The molecule has 16 heavy (non-hydrogen) atoms. The molecule has 1 aliphatic heterocycles. The Labute approximate surface area is 105 Å². The highest BCUT2D eigenvalue weighted by Gasteiger charge is 2.20. The summed E-state index contributed by atoms with van der Waals surface area (Å²) in [5.41, 5.74) is 0. The quantitative estimate of drug-likeness (QED) is 0.568. The van der Waals surface area contributed by atoms with E-state index in [9.17, 15) is 4.79 Å². The molecule has 0 aromatic rings. The lowest BCUT2D eigenvalue weighted by Gasteiger charge is -2.28. The molecule has 1 heterocycles. The first-order valence-corrected chi connectivity index (χ1v) is 6.57. The van der Waals surface area contributed by atoms with E-state index < -0.39 is 0 Å². The van der Waals surface area contributed by atoms with E-state index in [2.05, 4.69) is 25.6 Å². The van der Waals surface area contributed by atoms with Gasteiger partial charge in [-0.3, -0.25) is 4.79 Å². The number of alkyl halides is 1. The molecule has 0 saturated carbocycles. The molecule has 0 aromatic carbocycles. The van der Waals surface area contributed by atoms with Crippen LogP contribution < -0.4 is 0 Å². The molecule has 0 N–H and O–H groups in total. The number of hydrogen-bond donors (Lipinski definition) is 0. The Balaban J connectivity index is 2.23. The molecular weight excluding hydrogens is 274 g/mol. The summed E-state index contributed by atoms with van der Waals surface area (Å²) in [6.07, 6.45) is 3.85. The average molecular weight is 294 g/mol. The van der Waals surface area contributed by atoms with Gasteiger partial charge in [-0.05, 0) is 26.3 Å². The minimum absolute atomic E-state index is 0.226. The van der Waals surface area contributed by atoms with Gasteiger partial charge in [0.05, 0.1) is 13.2 Å². The maximum absolute atomic E-state index is 11.2. The summed E-state index contributed by atoms with van der Waals surface area (Å²) in [7, 11) is 3.40. The number of hydrogen-bond acceptors (Lipinski definition) is 4. The van der Waals surface area contributed by atoms with Crippen LogP contribution in [0.4, 0.5) is 0 Å². The van der Waals surface area contributed by atoms with Crippen molar-refractivity contribution >= 4 is 21.9 Å². The lowest BCUT2D eigenvalue weighted by Crippen LogP contribution is -2.38. The molecule has 4 nitrogen and oxygen atoms in total. The van der Waals surface area contributed by atoms with Gasteiger partial charge in [-0.15, -0.1) is 0 Å². The number of methoxy groups -OCH3 is 1. The van der Waals surface area contributed by atoms with Gasteiger partial charge in [0.2, 0.25) is 0 Å². The molecule has 2 atom stereocenters. The van der Waals surface area contributed by atoms with Gasteiger partial charge < -0.3 is 14.4 Å². The molecule has 1 fully saturated rings. The number of carbonyl (C=O) groups excluding carboxylic acids is 1. The number of nitrogens with zero attached hydrogens (tertiary/aromatic N) is 1. The normalized spacial score (nSPS) is 23.1. The summed E-state index contributed by atoms with van der Waals surface area (Å²) in [6.45, 7) is 2.39. The summed E-state index contributed by atoms with van der Waals surface area (Å²) >= 11 is 3.31. The predicted molar refractivity (Wildman–Crippen MR) is 65.8 cm³/mol. The second-order valence-electron chi connectivity index (χ2n) is 4.20. The van der Waals surface area contributed by atoms with Crippen molar-refractivity contribution in [1.29, 1.82) is 0 Å². The molecule has 1 saturated heterocycles. The van der Waals surface area contributed by atoms with Crippen LogP contribution >= 0.6 is 15.9 Å². The third-order valence-corrected chi connectivity index (χ3v) is 3.38. The number of ether oxygens (including phenoxy) is 2. The molecule has 0 aromatic heterocycles. The standard InChI is InChI=1S/C11H20BrNO3/c1-13(8-10(12)11(14)15-2)7-9-5-3-4-6-16-9/h9-10H,3-8H2,1-2H3. The van der Waals surface area contributed by atoms with E-state index >= 15 is 0 Å². The highest BCUT2D eigenvalue weighted by Crippen LogP contribution is 2.14. The molecule has 0 aliphatic carbocycles. The zero-order valence-corrected chi connectivity index (χ0v) is 11.5. The van der Waals surface area contributed by atoms with Gasteiger partial charge in [0.25, 0.3) is 0 Å². The Hall–Kier alpha value is -0.130. The largest absolute Gasteiger partial charge is 0.468 e. The second-order valence-corrected chi connectivity index (χ2v) is 5.31. The lowest BCUT2D eigenvalue weighted by atomic mass is 10.1. The zero-order valence-electron chi connectivity index (χ0n) is 9.95. The Morgan fingerprint density at radius 2 is 2.38 bits per heavy atom. The molecule has 2 unspecified atom stereocenters. The fourth-order valence-electron chi connectivity index (χ4n) is 1.85. The molecule has 94 valence electrons. The Bertz CT molecular complexity index is 219. The van der Waals surface area contributed by atoms with Crippen LogP contribution in [-0.2, 0) is 14.3 Å². The molecule has 5 heteroatoms. The predicted octanol–water partition coefficient (Wildman–Crippen LogP) is 1.42. The van der Waals surface area contributed by atoms with Crippen LogP contribution in [0, 0.1) is 0 Å². The third-order valence-electron chi connectivity index (χ3n) is 2.72. The summed E-state index contributed by atoms with van der Waals surface area (Å²) < 4.78 is 10.3. The highest BCUT2D eigenvalue weighted by atomic mass is 79.9. The number of rotatable bonds is 5. The lowest BCUT2D eigenvalue weighted by molar-refractivity contribution is -0.140. The summed E-state index contributed by atoms with van der Waals surface area (Å²) in [4.78, 5) is 13.1.